The van der Waals surface area contributed by atoms with E-state index < -0.39 is 11.9 Å². The van der Waals surface area contributed by atoms with Gasteiger partial charge < -0.3 is 9.84 Å². The molecule has 17 heavy (non-hydrogen) atoms. The second-order valence-corrected chi connectivity index (χ2v) is 4.86. The summed E-state index contributed by atoms with van der Waals surface area (Å²) < 4.78 is 4.92. The molecule has 0 aliphatic carbocycles. The van der Waals surface area contributed by atoms with Crippen LogP contribution in [-0.2, 0) is 10.2 Å². The van der Waals surface area contributed by atoms with Crippen molar-refractivity contribution >= 4 is 11.9 Å². The number of hydrogen-bond donors (Lipinski definition) is 1. The van der Waals surface area contributed by atoms with Gasteiger partial charge in [-0.15, -0.1) is 0 Å². The van der Waals surface area contributed by atoms with E-state index in [1.807, 2.05) is 20.8 Å². The minimum atomic E-state index is -1.11. The molecule has 0 atom stereocenters. The Morgan fingerprint density at radius 2 is 1.82 bits per heavy atom. The maximum absolute atomic E-state index is 11.0. The fraction of sp³-hybridized carbons (Fsp3) is 0.385. The van der Waals surface area contributed by atoms with Crippen molar-refractivity contribution in [3.05, 3.63) is 29.3 Å². The number of carbonyl (C=O) groups is 2. The van der Waals surface area contributed by atoms with Crippen LogP contribution in [0.25, 0.3) is 0 Å². The Morgan fingerprint density at radius 3 is 2.24 bits per heavy atom. The lowest BCUT2D eigenvalue weighted by Crippen LogP contribution is -2.14. The fourth-order valence-corrected chi connectivity index (χ4v) is 1.40. The van der Waals surface area contributed by atoms with Crippen LogP contribution in [0, 0.1) is 0 Å². The molecule has 0 unspecified atom stereocenters. The summed E-state index contributed by atoms with van der Waals surface area (Å²) in [6.07, 6.45) is 0. The molecule has 0 aliphatic heterocycles. The largest absolute Gasteiger partial charge is 0.478 e. The molecule has 0 heterocycles. The maximum atomic E-state index is 11.0. The number of hydrogen-bond acceptors (Lipinski definition) is 3. The molecule has 0 fully saturated rings. The highest BCUT2D eigenvalue weighted by atomic mass is 16.5. The summed E-state index contributed by atoms with van der Waals surface area (Å²) >= 11 is 0. The van der Waals surface area contributed by atoms with Crippen LogP contribution in [0.1, 0.15) is 43.6 Å². The maximum Gasteiger partial charge on any atom is 0.339 e. The Balaban J connectivity index is 3.29. The van der Waals surface area contributed by atoms with Crippen LogP contribution in [0.2, 0.25) is 0 Å². The van der Waals surface area contributed by atoms with Gasteiger partial charge in [-0.25, -0.2) is 4.79 Å². The number of carboxylic acid groups (broad SMARTS) is 1. The standard InChI is InChI=1S/C13H16O4/c1-8(14)17-11-7-9(13(2,3)4)5-6-10(11)12(15)16/h5-7H,1-4H3,(H,15,16). The van der Waals surface area contributed by atoms with E-state index in [1.165, 1.54) is 13.0 Å². The molecule has 92 valence electrons. The van der Waals surface area contributed by atoms with Gasteiger partial charge >= 0.3 is 11.9 Å². The van der Waals surface area contributed by atoms with Gasteiger partial charge in [-0.2, -0.15) is 0 Å². The number of benzene rings is 1. The second kappa shape index (κ2) is 4.57. The van der Waals surface area contributed by atoms with E-state index in [0.717, 1.165) is 5.56 Å². The topological polar surface area (TPSA) is 63.6 Å². The van der Waals surface area contributed by atoms with Crippen molar-refractivity contribution in [1.82, 2.24) is 0 Å². The van der Waals surface area contributed by atoms with Gasteiger partial charge in [0.25, 0.3) is 0 Å². The highest BCUT2D eigenvalue weighted by Crippen LogP contribution is 2.28. The quantitative estimate of drug-likeness (QED) is 0.633. The Bertz CT molecular complexity index is 455. The van der Waals surface area contributed by atoms with E-state index in [0.29, 0.717) is 0 Å². The third kappa shape index (κ3) is 3.31. The summed E-state index contributed by atoms with van der Waals surface area (Å²) in [5.41, 5.74) is 0.776. The Labute approximate surface area is 100 Å². The van der Waals surface area contributed by atoms with Gasteiger partial charge in [0.2, 0.25) is 0 Å². The zero-order valence-electron chi connectivity index (χ0n) is 10.4. The van der Waals surface area contributed by atoms with Gasteiger partial charge in [-0.05, 0) is 23.1 Å². The van der Waals surface area contributed by atoms with Crippen LogP contribution >= 0.6 is 0 Å². The van der Waals surface area contributed by atoms with Crippen molar-refractivity contribution < 1.29 is 19.4 Å². The summed E-state index contributed by atoms with van der Waals surface area (Å²) in [6, 6.07) is 4.79. The number of rotatable bonds is 2. The molecule has 0 spiro atoms. The van der Waals surface area contributed by atoms with Crippen molar-refractivity contribution in [1.29, 1.82) is 0 Å². The minimum Gasteiger partial charge on any atom is -0.478 e. The molecular formula is C13H16O4. The highest BCUT2D eigenvalue weighted by Gasteiger charge is 2.19. The Morgan fingerprint density at radius 1 is 1.24 bits per heavy atom. The predicted molar refractivity (Wildman–Crippen MR) is 63.4 cm³/mol. The van der Waals surface area contributed by atoms with Crippen LogP contribution in [-0.4, -0.2) is 17.0 Å². The Kier molecular flexibility index (Phi) is 3.56. The molecule has 1 aromatic carbocycles. The molecule has 0 radical (unpaired) electrons. The zero-order valence-corrected chi connectivity index (χ0v) is 10.4. The van der Waals surface area contributed by atoms with E-state index in [4.69, 9.17) is 9.84 Å². The molecule has 1 rings (SSSR count). The van der Waals surface area contributed by atoms with E-state index in [9.17, 15) is 9.59 Å². The van der Waals surface area contributed by atoms with Crippen LogP contribution in [0.3, 0.4) is 0 Å². The number of esters is 1. The van der Waals surface area contributed by atoms with Crippen molar-refractivity contribution in [3.63, 3.8) is 0 Å². The third-order valence-electron chi connectivity index (χ3n) is 2.33. The van der Waals surface area contributed by atoms with E-state index >= 15 is 0 Å². The predicted octanol–water partition coefficient (Wildman–Crippen LogP) is 2.61. The van der Waals surface area contributed by atoms with E-state index in [-0.39, 0.29) is 16.7 Å². The average molecular weight is 236 g/mol. The number of carboxylic acids is 1. The Hall–Kier alpha value is -1.84. The van der Waals surface area contributed by atoms with Crippen molar-refractivity contribution in [2.75, 3.05) is 0 Å². The summed E-state index contributed by atoms with van der Waals surface area (Å²) in [5, 5.41) is 8.98. The monoisotopic (exact) mass is 236 g/mol. The van der Waals surface area contributed by atoms with Crippen molar-refractivity contribution in [2.24, 2.45) is 0 Å². The lowest BCUT2D eigenvalue weighted by molar-refractivity contribution is -0.131. The lowest BCUT2D eigenvalue weighted by Gasteiger charge is -2.20. The number of ether oxygens (including phenoxy) is 1. The van der Waals surface area contributed by atoms with Gasteiger partial charge in [0.05, 0.1) is 0 Å². The molecule has 1 N–H and O–H groups in total. The lowest BCUT2D eigenvalue weighted by atomic mass is 9.86. The summed E-state index contributed by atoms with van der Waals surface area (Å²) in [4.78, 5) is 21.9. The third-order valence-corrected chi connectivity index (χ3v) is 2.33. The first-order valence-corrected chi connectivity index (χ1v) is 5.28. The van der Waals surface area contributed by atoms with Crippen molar-refractivity contribution in [2.45, 2.75) is 33.1 Å². The first-order chi connectivity index (χ1) is 7.71. The highest BCUT2D eigenvalue weighted by molar-refractivity contribution is 5.92. The van der Waals surface area contributed by atoms with Gasteiger partial charge in [0.1, 0.15) is 11.3 Å². The first-order valence-electron chi connectivity index (χ1n) is 5.28. The van der Waals surface area contributed by atoms with E-state index in [2.05, 4.69) is 0 Å². The molecule has 0 bridgehead atoms. The van der Waals surface area contributed by atoms with Crippen LogP contribution < -0.4 is 4.74 Å². The molecule has 0 saturated carbocycles. The van der Waals surface area contributed by atoms with Crippen LogP contribution in [0.15, 0.2) is 18.2 Å². The summed E-state index contributed by atoms with van der Waals surface area (Å²) in [5.74, 6) is -1.54. The van der Waals surface area contributed by atoms with E-state index in [1.54, 1.807) is 12.1 Å². The minimum absolute atomic E-state index is 0.00630. The molecule has 0 aromatic heterocycles. The molecule has 0 aliphatic rings. The molecular weight excluding hydrogens is 220 g/mol. The van der Waals surface area contributed by atoms with Gasteiger partial charge in [-0.1, -0.05) is 26.8 Å². The normalized spacial score (nSPS) is 11.1. The zero-order chi connectivity index (χ0) is 13.2. The molecule has 4 heteroatoms. The summed E-state index contributed by atoms with van der Waals surface area (Å²) in [7, 11) is 0. The van der Waals surface area contributed by atoms with Gasteiger partial charge in [0, 0.05) is 6.92 Å². The van der Waals surface area contributed by atoms with Crippen LogP contribution in [0.4, 0.5) is 0 Å². The molecule has 0 saturated heterocycles. The first kappa shape index (κ1) is 13.2. The van der Waals surface area contributed by atoms with Gasteiger partial charge in [-0.3, -0.25) is 4.79 Å². The summed E-state index contributed by atoms with van der Waals surface area (Å²) in [6.45, 7) is 7.25. The smallest absolute Gasteiger partial charge is 0.339 e. The number of carbonyl (C=O) groups excluding carboxylic acids is 1. The van der Waals surface area contributed by atoms with Crippen LogP contribution in [0.5, 0.6) is 5.75 Å². The molecule has 4 nitrogen and oxygen atoms in total. The fourth-order valence-electron chi connectivity index (χ4n) is 1.40. The SMILES string of the molecule is CC(=O)Oc1cc(C(C)(C)C)ccc1C(=O)O. The number of aromatic carboxylic acids is 1. The molecule has 0 amide bonds. The molecule has 1 aromatic rings. The van der Waals surface area contributed by atoms with Crippen molar-refractivity contribution in [3.8, 4) is 5.75 Å². The second-order valence-electron chi connectivity index (χ2n) is 4.86. The van der Waals surface area contributed by atoms with Gasteiger partial charge in [0.15, 0.2) is 0 Å². The average Bonchev–Trinajstić information content (AvgIpc) is 2.14.